The van der Waals surface area contributed by atoms with Crippen molar-refractivity contribution in [1.82, 2.24) is 5.32 Å². The molecule has 1 N–H and O–H groups in total. The number of aryl methyl sites for hydroxylation is 2. The van der Waals surface area contributed by atoms with E-state index in [1.807, 2.05) is 67.6 Å². The molecule has 0 aliphatic carbocycles. The number of benzene rings is 4. The van der Waals surface area contributed by atoms with E-state index < -0.39 is 21.7 Å². The molecule has 7 heteroatoms. The van der Waals surface area contributed by atoms with Crippen LogP contribution in [0.2, 0.25) is 0 Å². The fourth-order valence-corrected chi connectivity index (χ4v) is 6.18. The zero-order chi connectivity index (χ0) is 27.4. The lowest BCUT2D eigenvalue weighted by atomic mass is 9.87. The van der Waals surface area contributed by atoms with Gasteiger partial charge in [0.05, 0.1) is 18.0 Å². The highest BCUT2D eigenvalue weighted by Gasteiger charge is 2.33. The number of amides is 2. The number of nitrogens with zero attached hydrogens (tertiary/aromatic N) is 1. The maximum atomic E-state index is 13.8. The van der Waals surface area contributed by atoms with Crippen LogP contribution in [-0.4, -0.2) is 27.4 Å². The Hall–Kier alpha value is -4.10. The minimum Gasteiger partial charge on any atom is -0.497 e. The number of hydrogen-bond donors (Lipinski definition) is 1. The number of para-hydroxylation sites is 1. The molecular weight excluding hydrogens is 508 g/mol. The van der Waals surface area contributed by atoms with Crippen molar-refractivity contribution in [2.45, 2.75) is 37.1 Å². The molecule has 0 fully saturated rings. The molecule has 1 atom stereocenters. The Bertz CT molecular complexity index is 1560. The van der Waals surface area contributed by atoms with Gasteiger partial charge in [-0.15, -0.1) is 0 Å². The van der Waals surface area contributed by atoms with Crippen molar-refractivity contribution in [3.8, 4) is 5.75 Å². The summed E-state index contributed by atoms with van der Waals surface area (Å²) in [6.07, 6.45) is 2.26. The number of carbonyl (C=O) groups excluding carboxylic acids is 1. The monoisotopic (exact) mass is 540 g/mol. The first-order chi connectivity index (χ1) is 18.9. The number of urea groups is 1. The van der Waals surface area contributed by atoms with E-state index in [4.69, 9.17) is 4.74 Å². The molecule has 0 radical (unpaired) electrons. The molecule has 1 aliphatic rings. The smallest absolute Gasteiger partial charge is 0.323 e. The first-order valence-electron chi connectivity index (χ1n) is 13.0. The fraction of sp³-hybridized carbons (Fsp3) is 0.219. The van der Waals surface area contributed by atoms with Crippen molar-refractivity contribution in [2.75, 3.05) is 17.9 Å². The third kappa shape index (κ3) is 5.83. The summed E-state index contributed by atoms with van der Waals surface area (Å²) < 4.78 is 31.3. The van der Waals surface area contributed by atoms with Gasteiger partial charge in [-0.05, 0) is 78.8 Å². The topological polar surface area (TPSA) is 75.7 Å². The van der Waals surface area contributed by atoms with E-state index in [9.17, 15) is 13.2 Å². The van der Waals surface area contributed by atoms with E-state index in [2.05, 4.69) is 17.4 Å². The number of sulfone groups is 1. The lowest BCUT2D eigenvalue weighted by Gasteiger charge is -2.38. The lowest BCUT2D eigenvalue weighted by Crippen LogP contribution is -2.46. The maximum Gasteiger partial charge on any atom is 0.323 e. The van der Waals surface area contributed by atoms with Gasteiger partial charge in [0.25, 0.3) is 0 Å². The van der Waals surface area contributed by atoms with E-state index in [1.165, 1.54) is 0 Å². The molecule has 0 saturated heterocycles. The predicted octanol–water partition coefficient (Wildman–Crippen LogP) is 6.23. The van der Waals surface area contributed by atoms with Gasteiger partial charge < -0.3 is 10.1 Å². The van der Waals surface area contributed by atoms with Gasteiger partial charge in [0.1, 0.15) is 11.6 Å². The summed E-state index contributed by atoms with van der Waals surface area (Å²) in [5.41, 5.74) is 6.16. The quantitative estimate of drug-likeness (QED) is 0.302. The molecule has 0 saturated carbocycles. The number of carbonyl (C=O) groups is 1. The molecule has 4 aromatic rings. The molecule has 0 spiro atoms. The minimum atomic E-state index is -3.69. The number of fused-ring (bicyclic) bond motifs is 1. The Morgan fingerprint density at radius 1 is 0.923 bits per heavy atom. The van der Waals surface area contributed by atoms with Crippen LogP contribution in [0, 0.1) is 6.92 Å². The first-order valence-corrected chi connectivity index (χ1v) is 14.7. The lowest BCUT2D eigenvalue weighted by molar-refractivity contribution is 0.244. The second kappa shape index (κ2) is 11.3. The SMILES string of the molecule is COc1ccc(Cc2ccccc2C2CCc3ccccc3N2C(=O)NCS(=O)(=O)c2ccc(C)cc2)cc1. The van der Waals surface area contributed by atoms with Gasteiger partial charge in [-0.3, -0.25) is 4.90 Å². The minimum absolute atomic E-state index is 0.189. The molecule has 6 nitrogen and oxygen atoms in total. The average Bonchev–Trinajstić information content (AvgIpc) is 2.96. The summed E-state index contributed by atoms with van der Waals surface area (Å²) in [7, 11) is -2.04. The number of anilines is 1. The third-order valence-electron chi connectivity index (χ3n) is 7.23. The molecule has 1 heterocycles. The number of hydrogen-bond acceptors (Lipinski definition) is 4. The zero-order valence-electron chi connectivity index (χ0n) is 22.1. The highest BCUT2D eigenvalue weighted by atomic mass is 32.2. The van der Waals surface area contributed by atoms with Crippen molar-refractivity contribution in [3.05, 3.63) is 125 Å². The molecule has 2 amide bonds. The molecule has 5 rings (SSSR count). The normalized spacial score (nSPS) is 14.9. The van der Waals surface area contributed by atoms with Crippen molar-refractivity contribution < 1.29 is 17.9 Å². The molecule has 0 bridgehead atoms. The van der Waals surface area contributed by atoms with Crippen molar-refractivity contribution >= 4 is 21.6 Å². The van der Waals surface area contributed by atoms with E-state index >= 15 is 0 Å². The van der Waals surface area contributed by atoms with Gasteiger partial charge in [0.2, 0.25) is 0 Å². The number of rotatable bonds is 7. The summed E-state index contributed by atoms with van der Waals surface area (Å²) in [6, 6.07) is 30.0. The molecule has 39 heavy (non-hydrogen) atoms. The van der Waals surface area contributed by atoms with Gasteiger partial charge >= 0.3 is 6.03 Å². The van der Waals surface area contributed by atoms with Gasteiger partial charge in [-0.2, -0.15) is 0 Å². The first kappa shape index (κ1) is 26.5. The van der Waals surface area contributed by atoms with Crippen molar-refractivity contribution in [2.24, 2.45) is 0 Å². The molecule has 4 aromatic carbocycles. The van der Waals surface area contributed by atoms with Gasteiger partial charge in [0, 0.05) is 5.69 Å². The van der Waals surface area contributed by atoms with Crippen LogP contribution in [0.1, 0.15) is 40.3 Å². The van der Waals surface area contributed by atoms with Crippen molar-refractivity contribution in [3.63, 3.8) is 0 Å². The summed E-state index contributed by atoms with van der Waals surface area (Å²) in [5, 5.41) is 2.71. The van der Waals surface area contributed by atoms with E-state index in [0.29, 0.717) is 6.42 Å². The van der Waals surface area contributed by atoms with E-state index in [-0.39, 0.29) is 10.9 Å². The predicted molar refractivity (Wildman–Crippen MR) is 154 cm³/mol. The Morgan fingerprint density at radius 2 is 1.62 bits per heavy atom. The highest BCUT2D eigenvalue weighted by molar-refractivity contribution is 7.91. The molecule has 1 unspecified atom stereocenters. The van der Waals surface area contributed by atoms with Gasteiger partial charge in [0.15, 0.2) is 9.84 Å². The van der Waals surface area contributed by atoms with Crippen LogP contribution in [0.4, 0.5) is 10.5 Å². The summed E-state index contributed by atoms with van der Waals surface area (Å²) >= 11 is 0. The Kier molecular flexibility index (Phi) is 7.70. The van der Waals surface area contributed by atoms with Gasteiger partial charge in [-0.1, -0.05) is 72.3 Å². The van der Waals surface area contributed by atoms with Crippen LogP contribution in [0.25, 0.3) is 0 Å². The van der Waals surface area contributed by atoms with Crippen LogP contribution in [0.3, 0.4) is 0 Å². The fourth-order valence-electron chi connectivity index (χ4n) is 5.15. The standard InChI is InChI=1S/C32H32N2O4S/c1-23-11-18-28(19-12-23)39(36,37)22-33-32(35)34-30-10-6-4-7-25(30)15-20-31(34)29-9-5-3-8-26(29)21-24-13-16-27(38-2)17-14-24/h3-14,16-19,31H,15,20-22H2,1-2H3,(H,33,35). The average molecular weight is 541 g/mol. The van der Waals surface area contributed by atoms with Crippen LogP contribution < -0.4 is 15.0 Å². The van der Waals surface area contributed by atoms with Crippen LogP contribution in [0.5, 0.6) is 5.75 Å². The van der Waals surface area contributed by atoms with Crippen LogP contribution in [-0.2, 0) is 22.7 Å². The largest absolute Gasteiger partial charge is 0.497 e. The van der Waals surface area contributed by atoms with Gasteiger partial charge in [-0.25, -0.2) is 13.2 Å². The molecule has 200 valence electrons. The van der Waals surface area contributed by atoms with E-state index in [1.54, 1.807) is 36.3 Å². The second-order valence-corrected chi connectivity index (χ2v) is 11.8. The van der Waals surface area contributed by atoms with Crippen molar-refractivity contribution in [1.29, 1.82) is 0 Å². The number of methoxy groups -OCH3 is 1. The maximum absolute atomic E-state index is 13.8. The second-order valence-electron chi connectivity index (χ2n) is 9.83. The van der Waals surface area contributed by atoms with Crippen LogP contribution in [0.15, 0.2) is 102 Å². The molecule has 0 aromatic heterocycles. The zero-order valence-corrected chi connectivity index (χ0v) is 22.9. The summed E-state index contributed by atoms with van der Waals surface area (Å²) in [6.45, 7) is 1.90. The Morgan fingerprint density at radius 3 is 2.36 bits per heavy atom. The molecular formula is C32H32N2O4S. The Labute approximate surface area is 230 Å². The summed E-state index contributed by atoms with van der Waals surface area (Å²) in [4.78, 5) is 15.7. The van der Waals surface area contributed by atoms with Crippen LogP contribution >= 0.6 is 0 Å². The molecule has 1 aliphatic heterocycles. The highest BCUT2D eigenvalue weighted by Crippen LogP contribution is 2.40. The third-order valence-corrected chi connectivity index (χ3v) is 8.74. The number of nitrogens with one attached hydrogen (secondary N) is 1. The Balaban J connectivity index is 1.45. The van der Waals surface area contributed by atoms with E-state index in [0.717, 1.165) is 52.1 Å². The summed E-state index contributed by atoms with van der Waals surface area (Å²) in [5.74, 6) is 0.327. The number of ether oxygens (including phenoxy) is 1.